The molecule has 3 heteroatoms. The van der Waals surface area contributed by atoms with Crippen LogP contribution < -0.4 is 15.2 Å². The third kappa shape index (κ3) is 2.64. The van der Waals surface area contributed by atoms with E-state index in [1.165, 1.54) is 43.2 Å². The van der Waals surface area contributed by atoms with Crippen LogP contribution in [0.5, 0.6) is 11.5 Å². The zero-order valence-electron chi connectivity index (χ0n) is 13.0. The van der Waals surface area contributed by atoms with Gasteiger partial charge in [-0.05, 0) is 36.5 Å². The van der Waals surface area contributed by atoms with Crippen LogP contribution in [0.4, 0.5) is 0 Å². The lowest BCUT2D eigenvalue weighted by molar-refractivity contribution is 0.295. The van der Waals surface area contributed by atoms with E-state index in [0.29, 0.717) is 6.54 Å². The first-order valence-electron chi connectivity index (χ1n) is 7.66. The molecule has 20 heavy (non-hydrogen) atoms. The minimum absolute atomic E-state index is 0.103. The van der Waals surface area contributed by atoms with Crippen molar-refractivity contribution >= 4 is 0 Å². The number of hydrogen-bond acceptors (Lipinski definition) is 3. The van der Waals surface area contributed by atoms with Crippen molar-refractivity contribution < 1.29 is 9.47 Å². The third-order valence-electron chi connectivity index (χ3n) is 4.76. The Morgan fingerprint density at radius 2 is 1.80 bits per heavy atom. The van der Waals surface area contributed by atoms with E-state index in [1.807, 2.05) is 6.07 Å². The Kier molecular flexibility index (Phi) is 4.92. The molecule has 2 N–H and O–H groups in total. The normalized spacial score (nSPS) is 17.8. The summed E-state index contributed by atoms with van der Waals surface area (Å²) in [7, 11) is 3.44. The second kappa shape index (κ2) is 6.49. The molecular formula is C17H27NO2. The number of benzene rings is 1. The first-order valence-corrected chi connectivity index (χ1v) is 7.66. The summed E-state index contributed by atoms with van der Waals surface area (Å²) in [6.45, 7) is 2.89. The van der Waals surface area contributed by atoms with Gasteiger partial charge in [0.05, 0.1) is 14.2 Å². The van der Waals surface area contributed by atoms with Crippen LogP contribution in [0.25, 0.3) is 0 Å². The molecule has 0 bridgehead atoms. The van der Waals surface area contributed by atoms with Crippen molar-refractivity contribution in [3.8, 4) is 11.5 Å². The van der Waals surface area contributed by atoms with Gasteiger partial charge in [-0.3, -0.25) is 0 Å². The molecule has 1 aliphatic rings. The molecule has 1 saturated carbocycles. The molecule has 1 aromatic rings. The number of methoxy groups -OCH3 is 2. The smallest absolute Gasteiger partial charge is 0.126 e. The fraction of sp³-hybridized carbons (Fsp3) is 0.647. The predicted octanol–water partition coefficient (Wildman–Crippen LogP) is 3.43. The average molecular weight is 277 g/mol. The van der Waals surface area contributed by atoms with Gasteiger partial charge >= 0.3 is 0 Å². The molecule has 0 radical (unpaired) electrons. The van der Waals surface area contributed by atoms with Crippen LogP contribution in [0.3, 0.4) is 0 Å². The predicted molar refractivity (Wildman–Crippen MR) is 82.7 cm³/mol. The van der Waals surface area contributed by atoms with Crippen LogP contribution in [0, 0.1) is 0 Å². The van der Waals surface area contributed by atoms with Crippen molar-refractivity contribution in [2.45, 2.75) is 50.9 Å². The number of ether oxygens (including phenoxy) is 2. The van der Waals surface area contributed by atoms with E-state index in [0.717, 1.165) is 17.9 Å². The Labute approximate surface area is 122 Å². The standard InChI is InChI=1S/C17H27NO2/c1-4-14-15(10-13(19-2)11-16(14)20-3)17(12-18)8-6-5-7-9-17/h10-11H,4-9,12,18H2,1-3H3. The van der Waals surface area contributed by atoms with Crippen LogP contribution >= 0.6 is 0 Å². The van der Waals surface area contributed by atoms with Crippen LogP contribution in [0.1, 0.15) is 50.2 Å². The highest BCUT2D eigenvalue weighted by Gasteiger charge is 2.35. The molecule has 0 unspecified atom stereocenters. The van der Waals surface area contributed by atoms with Gasteiger partial charge in [0.1, 0.15) is 11.5 Å². The molecule has 1 aromatic carbocycles. The summed E-state index contributed by atoms with van der Waals surface area (Å²) in [5.74, 6) is 1.80. The minimum Gasteiger partial charge on any atom is -0.497 e. The summed E-state index contributed by atoms with van der Waals surface area (Å²) >= 11 is 0. The zero-order chi connectivity index (χ0) is 14.6. The molecule has 1 fully saturated rings. The van der Waals surface area contributed by atoms with Crippen molar-refractivity contribution in [3.63, 3.8) is 0 Å². The fourth-order valence-electron chi connectivity index (χ4n) is 3.57. The second-order valence-electron chi connectivity index (χ2n) is 5.75. The van der Waals surface area contributed by atoms with E-state index in [4.69, 9.17) is 15.2 Å². The fourth-order valence-corrected chi connectivity index (χ4v) is 3.57. The topological polar surface area (TPSA) is 44.5 Å². The molecule has 0 amide bonds. The molecule has 0 aliphatic heterocycles. The molecule has 0 saturated heterocycles. The highest BCUT2D eigenvalue weighted by molar-refractivity contribution is 5.50. The first kappa shape index (κ1) is 15.2. The zero-order valence-corrected chi connectivity index (χ0v) is 13.0. The lowest BCUT2D eigenvalue weighted by Gasteiger charge is -2.38. The lowest BCUT2D eigenvalue weighted by Crippen LogP contribution is -2.38. The SMILES string of the molecule is CCc1c(OC)cc(OC)cc1C1(CN)CCCCC1. The number of rotatable bonds is 5. The van der Waals surface area contributed by atoms with Crippen LogP contribution in [0.15, 0.2) is 12.1 Å². The number of hydrogen-bond donors (Lipinski definition) is 1. The molecule has 0 aromatic heterocycles. The van der Waals surface area contributed by atoms with E-state index in [2.05, 4.69) is 13.0 Å². The molecule has 0 heterocycles. The highest BCUT2D eigenvalue weighted by atomic mass is 16.5. The monoisotopic (exact) mass is 277 g/mol. The van der Waals surface area contributed by atoms with Crippen molar-refractivity contribution in [1.29, 1.82) is 0 Å². The van der Waals surface area contributed by atoms with Gasteiger partial charge in [0.25, 0.3) is 0 Å². The molecule has 0 atom stereocenters. The van der Waals surface area contributed by atoms with Gasteiger partial charge in [-0.25, -0.2) is 0 Å². The third-order valence-corrected chi connectivity index (χ3v) is 4.76. The quantitative estimate of drug-likeness (QED) is 0.897. The molecule has 2 rings (SSSR count). The lowest BCUT2D eigenvalue weighted by atomic mass is 9.67. The summed E-state index contributed by atoms with van der Waals surface area (Å²) in [4.78, 5) is 0. The Morgan fingerprint density at radius 3 is 2.30 bits per heavy atom. The van der Waals surface area contributed by atoms with Crippen LogP contribution in [-0.2, 0) is 11.8 Å². The highest BCUT2D eigenvalue weighted by Crippen LogP contribution is 2.44. The Morgan fingerprint density at radius 1 is 1.10 bits per heavy atom. The summed E-state index contributed by atoms with van der Waals surface area (Å²) in [6.07, 6.45) is 7.16. The summed E-state index contributed by atoms with van der Waals surface area (Å²) in [5, 5.41) is 0. The Balaban J connectivity index is 2.57. The van der Waals surface area contributed by atoms with Crippen molar-refractivity contribution in [2.24, 2.45) is 5.73 Å². The summed E-state index contributed by atoms with van der Waals surface area (Å²) < 4.78 is 11.0. The van der Waals surface area contributed by atoms with Crippen molar-refractivity contribution in [3.05, 3.63) is 23.3 Å². The maximum atomic E-state index is 6.20. The Bertz CT molecular complexity index is 451. The molecular weight excluding hydrogens is 250 g/mol. The van der Waals surface area contributed by atoms with Crippen LogP contribution in [-0.4, -0.2) is 20.8 Å². The maximum absolute atomic E-state index is 6.20. The van der Waals surface area contributed by atoms with Gasteiger partial charge in [-0.15, -0.1) is 0 Å². The average Bonchev–Trinajstić information content (AvgIpc) is 2.53. The molecule has 0 spiro atoms. The minimum atomic E-state index is 0.103. The summed E-state index contributed by atoms with van der Waals surface area (Å²) in [5.41, 5.74) is 8.94. The van der Waals surface area contributed by atoms with Crippen molar-refractivity contribution in [1.82, 2.24) is 0 Å². The van der Waals surface area contributed by atoms with Gasteiger partial charge in [-0.2, -0.15) is 0 Å². The van der Waals surface area contributed by atoms with Gasteiger partial charge in [0, 0.05) is 18.0 Å². The Hall–Kier alpha value is -1.22. The van der Waals surface area contributed by atoms with E-state index in [9.17, 15) is 0 Å². The number of nitrogens with two attached hydrogens (primary N) is 1. The largest absolute Gasteiger partial charge is 0.497 e. The maximum Gasteiger partial charge on any atom is 0.126 e. The van der Waals surface area contributed by atoms with E-state index in [1.54, 1.807) is 14.2 Å². The van der Waals surface area contributed by atoms with E-state index < -0.39 is 0 Å². The van der Waals surface area contributed by atoms with Crippen LogP contribution in [0.2, 0.25) is 0 Å². The summed E-state index contributed by atoms with van der Waals surface area (Å²) in [6, 6.07) is 4.16. The van der Waals surface area contributed by atoms with E-state index >= 15 is 0 Å². The molecule has 3 nitrogen and oxygen atoms in total. The molecule has 1 aliphatic carbocycles. The van der Waals surface area contributed by atoms with E-state index in [-0.39, 0.29) is 5.41 Å². The van der Waals surface area contributed by atoms with Gasteiger partial charge in [-0.1, -0.05) is 26.2 Å². The van der Waals surface area contributed by atoms with Gasteiger partial charge in [0.2, 0.25) is 0 Å². The second-order valence-corrected chi connectivity index (χ2v) is 5.75. The first-order chi connectivity index (χ1) is 9.70. The molecule has 112 valence electrons. The van der Waals surface area contributed by atoms with Crippen molar-refractivity contribution in [2.75, 3.05) is 20.8 Å². The van der Waals surface area contributed by atoms with Gasteiger partial charge < -0.3 is 15.2 Å². The van der Waals surface area contributed by atoms with Gasteiger partial charge in [0.15, 0.2) is 0 Å².